The van der Waals surface area contributed by atoms with Crippen molar-refractivity contribution in [3.05, 3.63) is 58.6 Å². The van der Waals surface area contributed by atoms with Gasteiger partial charge in [0.15, 0.2) is 11.6 Å². The van der Waals surface area contributed by atoms with E-state index in [9.17, 15) is 13.2 Å². The molecule has 0 amide bonds. The van der Waals surface area contributed by atoms with Gasteiger partial charge in [0.25, 0.3) is 0 Å². The highest BCUT2D eigenvalue weighted by molar-refractivity contribution is 6.31. The van der Waals surface area contributed by atoms with Crippen LogP contribution in [0, 0.1) is 17.5 Å². The van der Waals surface area contributed by atoms with Gasteiger partial charge in [-0.3, -0.25) is 4.57 Å². The van der Waals surface area contributed by atoms with Crippen LogP contribution in [-0.2, 0) is 5.88 Å². The van der Waals surface area contributed by atoms with E-state index in [2.05, 4.69) is 4.98 Å². The lowest BCUT2D eigenvalue weighted by atomic mass is 10.2. The predicted molar refractivity (Wildman–Crippen MR) is 75.5 cm³/mol. The Balaban J connectivity index is 2.38. The van der Waals surface area contributed by atoms with Crippen molar-refractivity contribution in [2.45, 2.75) is 5.88 Å². The molecule has 0 aliphatic rings. The molecule has 21 heavy (non-hydrogen) atoms. The van der Waals surface area contributed by atoms with Gasteiger partial charge in [0.2, 0.25) is 0 Å². The number of hydrogen-bond donors (Lipinski definition) is 0. The van der Waals surface area contributed by atoms with Crippen LogP contribution in [0.15, 0.2) is 30.3 Å². The van der Waals surface area contributed by atoms with E-state index in [0.717, 1.165) is 6.07 Å². The third kappa shape index (κ3) is 2.36. The highest BCUT2D eigenvalue weighted by atomic mass is 35.5. The number of halogens is 5. The molecule has 0 fully saturated rings. The summed E-state index contributed by atoms with van der Waals surface area (Å²) >= 11 is 11.7. The Bertz CT molecular complexity index is 846. The summed E-state index contributed by atoms with van der Waals surface area (Å²) in [6.07, 6.45) is 0. The van der Waals surface area contributed by atoms with Crippen molar-refractivity contribution >= 4 is 34.2 Å². The average molecular weight is 331 g/mol. The number of alkyl halides is 1. The summed E-state index contributed by atoms with van der Waals surface area (Å²) in [5.41, 5.74) is 0.816. The summed E-state index contributed by atoms with van der Waals surface area (Å²) in [6, 6.07) is 6.07. The Labute approximate surface area is 127 Å². The van der Waals surface area contributed by atoms with Gasteiger partial charge in [0.05, 0.1) is 22.6 Å². The maximum absolute atomic E-state index is 14.0. The van der Waals surface area contributed by atoms with Crippen molar-refractivity contribution in [3.63, 3.8) is 0 Å². The van der Waals surface area contributed by atoms with Crippen LogP contribution in [0.25, 0.3) is 16.7 Å². The number of rotatable bonds is 2. The first-order valence-corrected chi connectivity index (χ1v) is 6.80. The van der Waals surface area contributed by atoms with Gasteiger partial charge in [-0.1, -0.05) is 11.6 Å². The Hall–Kier alpha value is -1.72. The van der Waals surface area contributed by atoms with Crippen LogP contribution < -0.4 is 0 Å². The Morgan fingerprint density at radius 1 is 1.00 bits per heavy atom. The molecule has 1 aromatic heterocycles. The lowest BCUT2D eigenvalue weighted by Crippen LogP contribution is -2.04. The summed E-state index contributed by atoms with van der Waals surface area (Å²) < 4.78 is 41.8. The van der Waals surface area contributed by atoms with E-state index in [1.165, 1.54) is 4.57 Å². The van der Waals surface area contributed by atoms with Crippen molar-refractivity contribution < 1.29 is 13.2 Å². The quantitative estimate of drug-likeness (QED) is 0.486. The number of imidazole rings is 1. The molecular weight excluding hydrogens is 324 g/mol. The molecule has 0 unspecified atom stereocenters. The molecule has 2 aromatic carbocycles. The van der Waals surface area contributed by atoms with E-state index in [1.54, 1.807) is 18.2 Å². The van der Waals surface area contributed by atoms with Crippen LogP contribution >= 0.6 is 23.2 Å². The first-order valence-electron chi connectivity index (χ1n) is 5.89. The lowest BCUT2D eigenvalue weighted by Gasteiger charge is -2.09. The van der Waals surface area contributed by atoms with Crippen LogP contribution in [0.3, 0.4) is 0 Å². The van der Waals surface area contributed by atoms with Gasteiger partial charge >= 0.3 is 0 Å². The van der Waals surface area contributed by atoms with Crippen LogP contribution in [-0.4, -0.2) is 9.55 Å². The molecule has 2 nitrogen and oxygen atoms in total. The molecule has 3 aromatic rings. The van der Waals surface area contributed by atoms with Gasteiger partial charge in [-0.2, -0.15) is 0 Å². The minimum absolute atomic E-state index is 0.0231. The molecule has 0 radical (unpaired) electrons. The molecule has 0 bridgehead atoms. The fourth-order valence-corrected chi connectivity index (χ4v) is 2.49. The maximum atomic E-state index is 14.0. The minimum atomic E-state index is -1.26. The van der Waals surface area contributed by atoms with Crippen LogP contribution in [0.4, 0.5) is 13.2 Å². The fraction of sp³-hybridized carbons (Fsp3) is 0.0714. The van der Waals surface area contributed by atoms with E-state index in [1.807, 2.05) is 0 Å². The number of fused-ring (bicyclic) bond motifs is 1. The summed E-state index contributed by atoms with van der Waals surface area (Å²) in [4.78, 5) is 4.23. The summed E-state index contributed by atoms with van der Waals surface area (Å²) in [7, 11) is 0. The van der Waals surface area contributed by atoms with Crippen molar-refractivity contribution in [3.8, 4) is 5.69 Å². The Morgan fingerprint density at radius 3 is 2.43 bits per heavy atom. The number of aromatic nitrogens is 2. The largest absolute Gasteiger partial charge is 0.292 e. The molecule has 0 atom stereocenters. The predicted octanol–water partition coefficient (Wildman–Crippen LogP) is 4.84. The zero-order valence-corrected chi connectivity index (χ0v) is 11.9. The zero-order chi connectivity index (χ0) is 15.1. The smallest absolute Gasteiger partial charge is 0.161 e. The van der Waals surface area contributed by atoms with E-state index < -0.39 is 17.5 Å². The monoisotopic (exact) mass is 330 g/mol. The summed E-state index contributed by atoms with van der Waals surface area (Å²) in [5, 5.41) is 0.410. The van der Waals surface area contributed by atoms with Crippen molar-refractivity contribution in [2.24, 2.45) is 0 Å². The van der Waals surface area contributed by atoms with Crippen molar-refractivity contribution in [1.29, 1.82) is 0 Å². The van der Waals surface area contributed by atoms with E-state index in [0.29, 0.717) is 27.9 Å². The second-order valence-electron chi connectivity index (χ2n) is 4.35. The topological polar surface area (TPSA) is 17.8 Å². The molecular formula is C14H7Cl2F3N2. The van der Waals surface area contributed by atoms with Crippen molar-refractivity contribution in [1.82, 2.24) is 9.55 Å². The lowest BCUT2D eigenvalue weighted by molar-refractivity contribution is 0.493. The van der Waals surface area contributed by atoms with Gasteiger partial charge in [0, 0.05) is 17.2 Å². The molecule has 7 heteroatoms. The molecule has 0 aliphatic carbocycles. The van der Waals surface area contributed by atoms with Gasteiger partial charge in [-0.05, 0) is 18.2 Å². The molecule has 0 N–H and O–H groups in total. The standard InChI is InChI=1S/C14H7Cl2F3N2/c15-6-14-20-11-2-1-7(16)3-13(11)21(14)12-5-9(18)8(17)4-10(12)19/h1-5H,6H2. The van der Waals surface area contributed by atoms with Crippen LogP contribution in [0.1, 0.15) is 5.82 Å². The molecule has 0 aliphatic heterocycles. The maximum Gasteiger partial charge on any atom is 0.161 e. The molecule has 108 valence electrons. The summed E-state index contributed by atoms with van der Waals surface area (Å²) in [5.74, 6) is -3.05. The van der Waals surface area contributed by atoms with Gasteiger partial charge < -0.3 is 0 Å². The first kappa shape index (κ1) is 14.2. The number of nitrogens with zero attached hydrogens (tertiary/aromatic N) is 2. The second-order valence-corrected chi connectivity index (χ2v) is 5.05. The summed E-state index contributed by atoms with van der Waals surface area (Å²) in [6.45, 7) is 0. The zero-order valence-electron chi connectivity index (χ0n) is 10.4. The number of hydrogen-bond acceptors (Lipinski definition) is 1. The van der Waals surface area contributed by atoms with Gasteiger partial charge in [0.1, 0.15) is 11.6 Å². The molecule has 0 saturated carbocycles. The van der Waals surface area contributed by atoms with Crippen molar-refractivity contribution in [2.75, 3.05) is 0 Å². The molecule has 3 rings (SSSR count). The van der Waals surface area contributed by atoms with E-state index in [-0.39, 0.29) is 11.6 Å². The minimum Gasteiger partial charge on any atom is -0.292 e. The Morgan fingerprint density at radius 2 is 1.71 bits per heavy atom. The average Bonchev–Trinajstić information content (AvgIpc) is 2.80. The van der Waals surface area contributed by atoms with E-state index in [4.69, 9.17) is 23.2 Å². The highest BCUT2D eigenvalue weighted by Gasteiger charge is 2.18. The second kappa shape index (κ2) is 5.24. The third-order valence-electron chi connectivity index (χ3n) is 3.04. The first-order chi connectivity index (χ1) is 10.0. The van der Waals surface area contributed by atoms with Gasteiger partial charge in [-0.15, -0.1) is 11.6 Å². The number of benzene rings is 2. The highest BCUT2D eigenvalue weighted by Crippen LogP contribution is 2.27. The fourth-order valence-electron chi connectivity index (χ4n) is 2.14. The normalized spacial score (nSPS) is 11.3. The molecule has 0 saturated heterocycles. The van der Waals surface area contributed by atoms with Gasteiger partial charge in [-0.25, -0.2) is 18.2 Å². The molecule has 0 spiro atoms. The third-order valence-corrected chi connectivity index (χ3v) is 3.51. The molecule has 1 heterocycles. The van der Waals surface area contributed by atoms with E-state index >= 15 is 0 Å². The van der Waals surface area contributed by atoms with Crippen LogP contribution in [0.2, 0.25) is 5.02 Å². The van der Waals surface area contributed by atoms with Crippen LogP contribution in [0.5, 0.6) is 0 Å². The Kier molecular flexibility index (Phi) is 3.55. The SMILES string of the molecule is Fc1cc(F)c(-n2c(CCl)nc3ccc(Cl)cc32)cc1F.